The fourth-order valence-electron chi connectivity index (χ4n) is 1.41. The van der Waals surface area contributed by atoms with Gasteiger partial charge in [0.1, 0.15) is 0 Å². The van der Waals surface area contributed by atoms with Crippen LogP contribution < -0.4 is 0 Å². The highest BCUT2D eigenvalue weighted by Gasteiger charge is 2.07. The third-order valence-electron chi connectivity index (χ3n) is 2.29. The molecular weight excluding hydrogens is 332 g/mol. The summed E-state index contributed by atoms with van der Waals surface area (Å²) in [6.45, 7) is 0. The Morgan fingerprint density at radius 2 is 1.89 bits per heavy atom. The second-order valence-electron chi connectivity index (χ2n) is 3.79. The maximum absolute atomic E-state index is 11.9. The van der Waals surface area contributed by atoms with Crippen LogP contribution in [0.2, 0.25) is 0 Å². The molecule has 0 spiro atoms. The monoisotopic (exact) mass is 342 g/mol. The predicted octanol–water partition coefficient (Wildman–Crippen LogP) is 4.10. The van der Waals surface area contributed by atoms with Crippen molar-refractivity contribution in [2.45, 2.75) is 5.75 Å². The van der Waals surface area contributed by atoms with Crippen molar-refractivity contribution in [1.29, 1.82) is 0 Å². The lowest BCUT2D eigenvalue weighted by molar-refractivity contribution is 0.604. The van der Waals surface area contributed by atoms with Crippen molar-refractivity contribution in [3.05, 3.63) is 62.1 Å². The quantitative estimate of drug-likeness (QED) is 0.838. The molecule has 0 aliphatic carbocycles. The van der Waals surface area contributed by atoms with Crippen molar-refractivity contribution in [3.8, 4) is 0 Å². The molecule has 18 heavy (non-hydrogen) atoms. The van der Waals surface area contributed by atoms with Crippen molar-refractivity contribution in [2.75, 3.05) is 0 Å². The summed E-state index contributed by atoms with van der Waals surface area (Å²) in [5.41, 5.74) is 1.70. The Morgan fingerprint density at radius 3 is 2.50 bits per heavy atom. The third-order valence-corrected chi connectivity index (χ3v) is 4.81. The molecule has 0 unspecified atom stereocenters. The highest BCUT2D eigenvalue weighted by molar-refractivity contribution is 9.10. The van der Waals surface area contributed by atoms with Gasteiger partial charge in [-0.3, -0.25) is 0 Å². The Hall–Kier alpha value is -0.910. The van der Waals surface area contributed by atoms with E-state index < -0.39 is 9.84 Å². The molecule has 0 saturated carbocycles. The van der Waals surface area contributed by atoms with Gasteiger partial charge in [0.2, 0.25) is 0 Å². The first kappa shape index (κ1) is 13.5. The van der Waals surface area contributed by atoms with Crippen LogP contribution in [-0.2, 0) is 15.6 Å². The van der Waals surface area contributed by atoms with Gasteiger partial charge in [-0.25, -0.2) is 8.42 Å². The first-order valence-electron chi connectivity index (χ1n) is 5.23. The van der Waals surface area contributed by atoms with E-state index in [9.17, 15) is 8.42 Å². The number of thiophene rings is 1. The Labute approximate surface area is 119 Å². The van der Waals surface area contributed by atoms with Crippen LogP contribution in [0.15, 0.2) is 51.0 Å². The third kappa shape index (κ3) is 4.08. The average molecular weight is 343 g/mol. The van der Waals surface area contributed by atoms with Gasteiger partial charge in [-0.2, -0.15) is 11.3 Å². The molecule has 0 amide bonds. The Morgan fingerprint density at radius 1 is 1.17 bits per heavy atom. The lowest BCUT2D eigenvalue weighted by Crippen LogP contribution is -1.99. The van der Waals surface area contributed by atoms with Gasteiger partial charge in [0.25, 0.3) is 0 Å². The van der Waals surface area contributed by atoms with Crippen molar-refractivity contribution >= 4 is 43.2 Å². The van der Waals surface area contributed by atoms with Gasteiger partial charge in [-0.1, -0.05) is 28.1 Å². The number of benzene rings is 1. The van der Waals surface area contributed by atoms with Gasteiger partial charge in [-0.05, 0) is 46.2 Å². The lowest BCUT2D eigenvalue weighted by atomic mass is 10.2. The van der Waals surface area contributed by atoms with Crippen LogP contribution in [0.1, 0.15) is 11.1 Å². The Bertz CT molecular complexity index is 626. The van der Waals surface area contributed by atoms with E-state index >= 15 is 0 Å². The summed E-state index contributed by atoms with van der Waals surface area (Å²) in [4.78, 5) is 0. The Balaban J connectivity index is 2.10. The minimum Gasteiger partial charge on any atom is -0.224 e. The van der Waals surface area contributed by atoms with E-state index in [4.69, 9.17) is 0 Å². The molecule has 1 aromatic heterocycles. The molecule has 1 aromatic carbocycles. The molecule has 0 aliphatic heterocycles. The van der Waals surface area contributed by atoms with E-state index in [-0.39, 0.29) is 5.75 Å². The SMILES string of the molecule is O=S(=O)(C=Cc1ccsc1)Cc1ccc(Br)cc1. The van der Waals surface area contributed by atoms with Gasteiger partial charge >= 0.3 is 0 Å². The van der Waals surface area contributed by atoms with Crippen LogP contribution in [0.25, 0.3) is 6.08 Å². The number of rotatable bonds is 4. The van der Waals surface area contributed by atoms with Crippen molar-refractivity contribution in [1.82, 2.24) is 0 Å². The fraction of sp³-hybridized carbons (Fsp3) is 0.0769. The zero-order chi connectivity index (χ0) is 13.0. The first-order valence-corrected chi connectivity index (χ1v) is 8.68. The van der Waals surface area contributed by atoms with E-state index in [1.54, 1.807) is 29.5 Å². The Kier molecular flexibility index (Phi) is 4.37. The molecule has 0 aliphatic rings. The topological polar surface area (TPSA) is 34.1 Å². The van der Waals surface area contributed by atoms with Gasteiger partial charge in [-0.15, -0.1) is 0 Å². The van der Waals surface area contributed by atoms with E-state index in [1.165, 1.54) is 5.41 Å². The van der Waals surface area contributed by atoms with Gasteiger partial charge < -0.3 is 0 Å². The number of hydrogen-bond acceptors (Lipinski definition) is 3. The van der Waals surface area contributed by atoms with Crippen LogP contribution >= 0.6 is 27.3 Å². The van der Waals surface area contributed by atoms with Crippen LogP contribution in [0, 0.1) is 0 Å². The van der Waals surface area contributed by atoms with Crippen molar-refractivity contribution in [2.24, 2.45) is 0 Å². The molecule has 0 N–H and O–H groups in total. The van der Waals surface area contributed by atoms with Crippen LogP contribution in [0.5, 0.6) is 0 Å². The zero-order valence-corrected chi connectivity index (χ0v) is 12.6. The molecule has 0 fully saturated rings. The molecule has 2 rings (SSSR count). The average Bonchev–Trinajstić information content (AvgIpc) is 2.83. The van der Waals surface area contributed by atoms with E-state index in [1.807, 2.05) is 29.0 Å². The van der Waals surface area contributed by atoms with Gasteiger partial charge in [0.15, 0.2) is 9.84 Å². The predicted molar refractivity (Wildman–Crippen MR) is 80.1 cm³/mol. The minimum atomic E-state index is -3.21. The zero-order valence-electron chi connectivity index (χ0n) is 9.41. The van der Waals surface area contributed by atoms with E-state index in [2.05, 4.69) is 15.9 Å². The van der Waals surface area contributed by atoms with E-state index in [0.717, 1.165) is 15.6 Å². The number of hydrogen-bond donors (Lipinski definition) is 0. The molecule has 0 radical (unpaired) electrons. The molecule has 94 valence electrons. The normalized spacial score (nSPS) is 12.1. The lowest BCUT2D eigenvalue weighted by Gasteiger charge is -2.00. The standard InChI is InChI=1S/C13H11BrO2S2/c14-13-3-1-12(2-4-13)10-18(15,16)8-6-11-5-7-17-9-11/h1-9H,10H2. The molecule has 0 atom stereocenters. The number of sulfone groups is 1. The summed E-state index contributed by atoms with van der Waals surface area (Å²) in [5, 5.41) is 5.10. The van der Waals surface area contributed by atoms with Crippen LogP contribution in [0.4, 0.5) is 0 Å². The first-order chi connectivity index (χ1) is 8.55. The molecule has 2 nitrogen and oxygen atoms in total. The maximum atomic E-state index is 11.9. The van der Waals surface area contributed by atoms with Crippen LogP contribution in [0.3, 0.4) is 0 Å². The fourth-order valence-corrected chi connectivity index (χ4v) is 3.42. The molecule has 0 saturated heterocycles. The number of halogens is 1. The summed E-state index contributed by atoms with van der Waals surface area (Å²) < 4.78 is 24.7. The van der Waals surface area contributed by atoms with Crippen molar-refractivity contribution in [3.63, 3.8) is 0 Å². The second kappa shape index (κ2) is 5.82. The highest BCUT2D eigenvalue weighted by Crippen LogP contribution is 2.15. The van der Waals surface area contributed by atoms with Crippen LogP contribution in [-0.4, -0.2) is 8.42 Å². The summed E-state index contributed by atoms with van der Waals surface area (Å²) in [5.74, 6) is 0.0287. The molecule has 2 aromatic rings. The van der Waals surface area contributed by atoms with Gasteiger partial charge in [0, 0.05) is 9.88 Å². The molecule has 1 heterocycles. The summed E-state index contributed by atoms with van der Waals surface area (Å²) >= 11 is 4.86. The summed E-state index contributed by atoms with van der Waals surface area (Å²) in [7, 11) is -3.21. The molecular formula is C13H11BrO2S2. The maximum Gasteiger partial charge on any atom is 0.175 e. The summed E-state index contributed by atoms with van der Waals surface area (Å²) in [6.07, 6.45) is 1.63. The van der Waals surface area contributed by atoms with Gasteiger partial charge in [0.05, 0.1) is 5.75 Å². The van der Waals surface area contributed by atoms with Crippen molar-refractivity contribution < 1.29 is 8.42 Å². The smallest absolute Gasteiger partial charge is 0.175 e. The molecule has 0 bridgehead atoms. The largest absolute Gasteiger partial charge is 0.224 e. The minimum absolute atomic E-state index is 0.0287. The summed E-state index contributed by atoms with van der Waals surface area (Å²) in [6, 6.07) is 9.18. The second-order valence-corrected chi connectivity index (χ2v) is 7.38. The highest BCUT2D eigenvalue weighted by atomic mass is 79.9. The molecule has 5 heteroatoms. The van der Waals surface area contributed by atoms with E-state index in [0.29, 0.717) is 0 Å².